The van der Waals surface area contributed by atoms with Crippen molar-refractivity contribution in [1.82, 2.24) is 19.9 Å². The van der Waals surface area contributed by atoms with Crippen LogP contribution in [-0.4, -0.2) is 38.8 Å². The number of carbonyl (C=O) groups excluding carboxylic acids is 1. The number of fused-ring (bicyclic) bond motifs is 1. The lowest BCUT2D eigenvalue weighted by Crippen LogP contribution is -2.32. The zero-order valence-corrected chi connectivity index (χ0v) is 20.2. The van der Waals surface area contributed by atoms with Gasteiger partial charge in [0.15, 0.2) is 5.13 Å². The zero-order chi connectivity index (χ0) is 23.7. The Labute approximate surface area is 205 Å². The summed E-state index contributed by atoms with van der Waals surface area (Å²) in [7, 11) is 0. The normalized spacial score (nSPS) is 15.0. The van der Waals surface area contributed by atoms with Crippen molar-refractivity contribution in [3.05, 3.63) is 75.2 Å². The molecule has 1 amide bonds. The van der Waals surface area contributed by atoms with Gasteiger partial charge in [-0.3, -0.25) is 19.8 Å². The summed E-state index contributed by atoms with van der Waals surface area (Å²) in [4.78, 5) is 39.2. The van der Waals surface area contributed by atoms with Gasteiger partial charge in [0, 0.05) is 23.3 Å². The van der Waals surface area contributed by atoms with E-state index in [0.717, 1.165) is 35.8 Å². The maximum Gasteiger partial charge on any atom is 0.264 e. The second-order valence-corrected chi connectivity index (χ2v) is 10.2. The lowest BCUT2D eigenvalue weighted by atomic mass is 9.99. The lowest BCUT2D eigenvalue weighted by Gasteiger charge is -2.30. The standard InChI is InChI=1S/C25H24ClN5O2S/c1-15-8-10-31(11-9-15)14-16-2-7-20-21(12-16)34-25(28-20)30-24(33)19-13-27-22(29-23(19)32)17-3-5-18(26)6-4-17/h2-7,12-13,15H,8-11,14H2,1H3,(H,27,29,32)(H,28,30,33). The van der Waals surface area contributed by atoms with Gasteiger partial charge < -0.3 is 4.98 Å². The van der Waals surface area contributed by atoms with Gasteiger partial charge in [-0.05, 0) is 73.8 Å². The molecule has 0 saturated carbocycles. The predicted octanol–water partition coefficient (Wildman–Crippen LogP) is 5.18. The van der Waals surface area contributed by atoms with Gasteiger partial charge in [0.25, 0.3) is 11.5 Å². The van der Waals surface area contributed by atoms with Crippen LogP contribution in [0.4, 0.5) is 5.13 Å². The van der Waals surface area contributed by atoms with E-state index < -0.39 is 11.5 Å². The summed E-state index contributed by atoms with van der Waals surface area (Å²) in [5.41, 5.74) is 2.17. The molecular weight excluding hydrogens is 470 g/mol. The first kappa shape index (κ1) is 22.7. The van der Waals surface area contributed by atoms with Crippen molar-refractivity contribution in [2.75, 3.05) is 18.4 Å². The molecular formula is C25H24ClN5O2S. The molecule has 0 atom stereocenters. The number of likely N-dealkylation sites (tertiary alicyclic amines) is 1. The van der Waals surface area contributed by atoms with Crippen LogP contribution in [0, 0.1) is 5.92 Å². The van der Waals surface area contributed by atoms with Crippen molar-refractivity contribution in [3.8, 4) is 11.4 Å². The number of nitrogens with one attached hydrogen (secondary N) is 2. The van der Waals surface area contributed by atoms with Gasteiger partial charge in [-0.2, -0.15) is 0 Å². The predicted molar refractivity (Wildman–Crippen MR) is 137 cm³/mol. The number of piperidine rings is 1. The molecule has 2 N–H and O–H groups in total. The molecule has 0 bridgehead atoms. The van der Waals surface area contributed by atoms with E-state index in [-0.39, 0.29) is 5.56 Å². The highest BCUT2D eigenvalue weighted by Crippen LogP contribution is 2.28. The summed E-state index contributed by atoms with van der Waals surface area (Å²) in [6, 6.07) is 13.1. The number of H-pyrrole nitrogens is 1. The summed E-state index contributed by atoms with van der Waals surface area (Å²) >= 11 is 7.31. The maximum atomic E-state index is 12.7. The summed E-state index contributed by atoms with van der Waals surface area (Å²) in [6.45, 7) is 5.49. The van der Waals surface area contributed by atoms with E-state index in [1.54, 1.807) is 24.3 Å². The monoisotopic (exact) mass is 493 g/mol. The Balaban J connectivity index is 1.29. The molecule has 0 aliphatic carbocycles. The summed E-state index contributed by atoms with van der Waals surface area (Å²) in [5.74, 6) is 0.634. The van der Waals surface area contributed by atoms with Crippen LogP contribution in [0.5, 0.6) is 0 Å². The Morgan fingerprint density at radius 3 is 2.71 bits per heavy atom. The Morgan fingerprint density at radius 1 is 1.21 bits per heavy atom. The number of thiazole rings is 1. The molecule has 5 rings (SSSR count). The summed E-state index contributed by atoms with van der Waals surface area (Å²) in [6.07, 6.45) is 3.77. The summed E-state index contributed by atoms with van der Waals surface area (Å²) in [5, 5.41) is 3.78. The number of anilines is 1. The number of hydrogen-bond acceptors (Lipinski definition) is 6. The van der Waals surface area contributed by atoms with E-state index in [9.17, 15) is 9.59 Å². The van der Waals surface area contributed by atoms with E-state index in [1.807, 2.05) is 6.07 Å². The molecule has 0 unspecified atom stereocenters. The highest BCUT2D eigenvalue weighted by Gasteiger charge is 2.17. The van der Waals surface area contributed by atoms with Crippen LogP contribution in [0.1, 0.15) is 35.7 Å². The Bertz CT molecular complexity index is 1390. The van der Waals surface area contributed by atoms with Crippen molar-refractivity contribution in [3.63, 3.8) is 0 Å². The minimum Gasteiger partial charge on any atom is -0.306 e. The van der Waals surface area contributed by atoms with E-state index in [1.165, 1.54) is 35.9 Å². The van der Waals surface area contributed by atoms with E-state index in [0.29, 0.717) is 21.5 Å². The molecule has 34 heavy (non-hydrogen) atoms. The molecule has 2 aromatic heterocycles. The lowest BCUT2D eigenvalue weighted by molar-refractivity contribution is 0.102. The van der Waals surface area contributed by atoms with E-state index in [4.69, 9.17) is 11.6 Å². The third kappa shape index (κ3) is 5.04. The van der Waals surface area contributed by atoms with Gasteiger partial charge >= 0.3 is 0 Å². The minimum absolute atomic E-state index is 0.0722. The molecule has 1 fully saturated rings. The molecule has 0 spiro atoms. The van der Waals surface area contributed by atoms with Gasteiger partial charge in [0.05, 0.1) is 10.2 Å². The van der Waals surface area contributed by atoms with Gasteiger partial charge in [0.1, 0.15) is 11.4 Å². The molecule has 1 aliphatic rings. The number of hydrogen-bond donors (Lipinski definition) is 2. The third-order valence-electron chi connectivity index (χ3n) is 6.12. The van der Waals surface area contributed by atoms with Gasteiger partial charge in [-0.25, -0.2) is 9.97 Å². The second kappa shape index (κ2) is 9.66. The number of aromatic amines is 1. The second-order valence-electron chi connectivity index (χ2n) is 8.72. The van der Waals surface area contributed by atoms with Gasteiger partial charge in [-0.1, -0.05) is 35.9 Å². The van der Waals surface area contributed by atoms with Crippen LogP contribution in [0.3, 0.4) is 0 Å². The van der Waals surface area contributed by atoms with E-state index >= 15 is 0 Å². The van der Waals surface area contributed by atoms with Crippen LogP contribution < -0.4 is 10.9 Å². The molecule has 4 aromatic rings. The zero-order valence-electron chi connectivity index (χ0n) is 18.7. The van der Waals surface area contributed by atoms with Gasteiger partial charge in [-0.15, -0.1) is 0 Å². The highest BCUT2D eigenvalue weighted by atomic mass is 35.5. The van der Waals surface area contributed by atoms with Crippen molar-refractivity contribution < 1.29 is 4.79 Å². The first-order valence-corrected chi connectivity index (χ1v) is 12.4. The molecule has 0 radical (unpaired) electrons. The number of benzene rings is 2. The van der Waals surface area contributed by atoms with E-state index in [2.05, 4.69) is 44.2 Å². The van der Waals surface area contributed by atoms with Crippen LogP contribution in [0.15, 0.2) is 53.5 Å². The number of amides is 1. The number of nitrogens with zero attached hydrogens (tertiary/aromatic N) is 3. The maximum absolute atomic E-state index is 12.7. The summed E-state index contributed by atoms with van der Waals surface area (Å²) < 4.78 is 1.00. The van der Waals surface area contributed by atoms with Crippen LogP contribution in [0.2, 0.25) is 5.02 Å². The average molecular weight is 494 g/mol. The topological polar surface area (TPSA) is 91.0 Å². The molecule has 174 valence electrons. The van der Waals surface area contributed by atoms with Crippen molar-refractivity contribution in [1.29, 1.82) is 0 Å². The Morgan fingerprint density at radius 2 is 1.97 bits per heavy atom. The largest absolute Gasteiger partial charge is 0.306 e. The smallest absolute Gasteiger partial charge is 0.264 e. The third-order valence-corrected chi connectivity index (χ3v) is 7.30. The first-order chi connectivity index (χ1) is 16.4. The van der Waals surface area contributed by atoms with Crippen molar-refractivity contribution in [2.24, 2.45) is 5.92 Å². The van der Waals surface area contributed by atoms with Crippen LogP contribution in [0.25, 0.3) is 21.6 Å². The van der Waals surface area contributed by atoms with Crippen molar-refractivity contribution >= 4 is 44.2 Å². The highest BCUT2D eigenvalue weighted by molar-refractivity contribution is 7.22. The Hall–Kier alpha value is -3.07. The fourth-order valence-corrected chi connectivity index (χ4v) is 5.13. The van der Waals surface area contributed by atoms with Crippen molar-refractivity contribution in [2.45, 2.75) is 26.3 Å². The minimum atomic E-state index is -0.543. The fraction of sp³-hybridized carbons (Fsp3) is 0.280. The Kier molecular flexibility index (Phi) is 6.45. The number of halogens is 1. The quantitative estimate of drug-likeness (QED) is 0.399. The first-order valence-electron chi connectivity index (χ1n) is 11.2. The molecule has 3 heterocycles. The number of rotatable bonds is 5. The molecule has 7 nitrogen and oxygen atoms in total. The molecule has 1 aliphatic heterocycles. The van der Waals surface area contributed by atoms with Crippen LogP contribution in [-0.2, 0) is 6.54 Å². The number of carbonyl (C=O) groups is 1. The molecule has 2 aromatic carbocycles. The SMILES string of the molecule is CC1CCN(Cc2ccc3nc(NC(=O)c4cnc(-c5ccc(Cl)cc5)[nH]c4=O)sc3c2)CC1. The number of aromatic nitrogens is 3. The van der Waals surface area contributed by atoms with Gasteiger partial charge in [0.2, 0.25) is 0 Å². The van der Waals surface area contributed by atoms with Crippen LogP contribution >= 0.6 is 22.9 Å². The molecule has 9 heteroatoms. The molecule has 1 saturated heterocycles. The fourth-order valence-electron chi connectivity index (χ4n) is 4.07. The average Bonchev–Trinajstić information content (AvgIpc) is 3.22.